The van der Waals surface area contributed by atoms with Crippen LogP contribution in [0.5, 0.6) is 0 Å². The van der Waals surface area contributed by atoms with Crippen molar-refractivity contribution in [1.29, 1.82) is 0 Å². The number of furan rings is 1. The summed E-state index contributed by atoms with van der Waals surface area (Å²) in [5.41, 5.74) is 1.28. The van der Waals surface area contributed by atoms with Crippen LogP contribution in [0.15, 0.2) is 45.3 Å². The summed E-state index contributed by atoms with van der Waals surface area (Å²) in [6, 6.07) is 12.8. The van der Waals surface area contributed by atoms with Crippen LogP contribution >= 0.6 is 27.7 Å². The average molecular weight is 340 g/mol. The quantitative estimate of drug-likeness (QED) is 0.821. The summed E-state index contributed by atoms with van der Waals surface area (Å²) in [7, 11) is 0. The molecule has 0 aliphatic rings. The van der Waals surface area contributed by atoms with Crippen LogP contribution in [0.25, 0.3) is 0 Å². The summed E-state index contributed by atoms with van der Waals surface area (Å²) < 4.78 is 6.85. The van der Waals surface area contributed by atoms with Gasteiger partial charge in [0.1, 0.15) is 11.5 Å². The first-order chi connectivity index (χ1) is 9.19. The number of benzene rings is 1. The maximum absolute atomic E-state index is 5.74. The molecule has 1 N–H and O–H groups in total. The van der Waals surface area contributed by atoms with Crippen molar-refractivity contribution in [3.63, 3.8) is 0 Å². The Hall–Kier alpha value is -0.710. The lowest BCUT2D eigenvalue weighted by molar-refractivity contribution is 0.442. The standard InChI is InChI=1S/C15H18BrNOS/c1-11(12-3-5-13(16)6-4-12)17-9-14-7-8-15(18-14)10-19-2/h3-8,11,17H,9-10H2,1-2H3. The molecule has 102 valence electrons. The van der Waals surface area contributed by atoms with Crippen LogP contribution in [0, 0.1) is 0 Å². The molecular weight excluding hydrogens is 322 g/mol. The molecule has 0 saturated heterocycles. The average Bonchev–Trinajstić information content (AvgIpc) is 2.85. The fourth-order valence-corrected chi connectivity index (χ4v) is 2.56. The normalized spacial score (nSPS) is 12.6. The van der Waals surface area contributed by atoms with Gasteiger partial charge in [-0.05, 0) is 43.0 Å². The molecule has 0 saturated carbocycles. The van der Waals surface area contributed by atoms with Crippen molar-refractivity contribution in [2.45, 2.75) is 25.3 Å². The first-order valence-corrected chi connectivity index (χ1v) is 8.43. The van der Waals surface area contributed by atoms with Crippen LogP contribution in [-0.4, -0.2) is 6.26 Å². The summed E-state index contributed by atoms with van der Waals surface area (Å²) in [5, 5.41) is 3.47. The number of hydrogen-bond acceptors (Lipinski definition) is 3. The molecule has 1 aromatic carbocycles. The van der Waals surface area contributed by atoms with Gasteiger partial charge in [0, 0.05) is 10.5 Å². The summed E-state index contributed by atoms with van der Waals surface area (Å²) in [6.45, 7) is 2.92. The molecule has 2 nitrogen and oxygen atoms in total. The van der Waals surface area contributed by atoms with E-state index in [1.807, 2.05) is 6.07 Å². The van der Waals surface area contributed by atoms with Gasteiger partial charge in [0.15, 0.2) is 0 Å². The number of thioether (sulfide) groups is 1. The second-order valence-corrected chi connectivity index (χ2v) is 6.24. The third-order valence-corrected chi connectivity index (χ3v) is 4.06. The Labute approximate surface area is 127 Å². The van der Waals surface area contributed by atoms with E-state index >= 15 is 0 Å². The number of hydrogen-bond donors (Lipinski definition) is 1. The van der Waals surface area contributed by atoms with Crippen molar-refractivity contribution >= 4 is 27.7 Å². The van der Waals surface area contributed by atoms with E-state index in [9.17, 15) is 0 Å². The highest BCUT2D eigenvalue weighted by Gasteiger charge is 2.06. The van der Waals surface area contributed by atoms with Crippen molar-refractivity contribution in [2.24, 2.45) is 0 Å². The third kappa shape index (κ3) is 4.41. The van der Waals surface area contributed by atoms with Gasteiger partial charge in [0.05, 0.1) is 12.3 Å². The molecular formula is C15H18BrNOS. The largest absolute Gasteiger partial charge is 0.464 e. The Kier molecular flexibility index (Phi) is 5.55. The minimum atomic E-state index is 0.308. The molecule has 0 aliphatic heterocycles. The van der Waals surface area contributed by atoms with E-state index in [1.165, 1.54) is 5.56 Å². The lowest BCUT2D eigenvalue weighted by atomic mass is 10.1. The van der Waals surface area contributed by atoms with Gasteiger partial charge in [0.2, 0.25) is 0 Å². The van der Waals surface area contributed by atoms with E-state index in [-0.39, 0.29) is 0 Å². The highest BCUT2D eigenvalue weighted by Crippen LogP contribution is 2.18. The van der Waals surface area contributed by atoms with Gasteiger partial charge in [0.25, 0.3) is 0 Å². The van der Waals surface area contributed by atoms with E-state index in [0.717, 1.165) is 28.3 Å². The summed E-state index contributed by atoms with van der Waals surface area (Å²) in [4.78, 5) is 0. The van der Waals surface area contributed by atoms with Gasteiger partial charge in [-0.3, -0.25) is 0 Å². The van der Waals surface area contributed by atoms with E-state index < -0.39 is 0 Å². The van der Waals surface area contributed by atoms with E-state index in [2.05, 4.69) is 64.8 Å². The molecule has 1 aromatic heterocycles. The lowest BCUT2D eigenvalue weighted by Crippen LogP contribution is -2.17. The first-order valence-electron chi connectivity index (χ1n) is 6.24. The predicted octanol–water partition coefficient (Wildman–Crippen LogP) is 4.76. The van der Waals surface area contributed by atoms with Gasteiger partial charge in [-0.2, -0.15) is 11.8 Å². The third-order valence-electron chi connectivity index (χ3n) is 2.96. The molecule has 0 amide bonds. The van der Waals surface area contributed by atoms with Crippen LogP contribution < -0.4 is 5.32 Å². The van der Waals surface area contributed by atoms with E-state index in [0.29, 0.717) is 6.04 Å². The topological polar surface area (TPSA) is 25.2 Å². The van der Waals surface area contributed by atoms with Crippen molar-refractivity contribution in [3.05, 3.63) is 58.0 Å². The Morgan fingerprint density at radius 1 is 1.16 bits per heavy atom. The predicted molar refractivity (Wildman–Crippen MR) is 85.3 cm³/mol. The monoisotopic (exact) mass is 339 g/mol. The molecule has 0 spiro atoms. The maximum Gasteiger partial charge on any atom is 0.118 e. The van der Waals surface area contributed by atoms with Crippen LogP contribution in [-0.2, 0) is 12.3 Å². The molecule has 1 heterocycles. The number of rotatable bonds is 6. The fourth-order valence-electron chi connectivity index (χ4n) is 1.86. The molecule has 1 atom stereocenters. The zero-order chi connectivity index (χ0) is 13.7. The maximum atomic E-state index is 5.74. The second kappa shape index (κ2) is 7.17. The van der Waals surface area contributed by atoms with Crippen molar-refractivity contribution in [1.82, 2.24) is 5.32 Å². The molecule has 19 heavy (non-hydrogen) atoms. The zero-order valence-electron chi connectivity index (χ0n) is 11.2. The SMILES string of the molecule is CSCc1ccc(CNC(C)c2ccc(Br)cc2)o1. The lowest BCUT2D eigenvalue weighted by Gasteiger charge is -2.13. The minimum absolute atomic E-state index is 0.308. The Morgan fingerprint density at radius 3 is 2.53 bits per heavy atom. The van der Waals surface area contributed by atoms with Crippen LogP contribution in [0.2, 0.25) is 0 Å². The number of nitrogens with one attached hydrogen (secondary N) is 1. The van der Waals surface area contributed by atoms with Crippen LogP contribution in [0.3, 0.4) is 0 Å². The van der Waals surface area contributed by atoms with Crippen molar-refractivity contribution in [3.8, 4) is 0 Å². The van der Waals surface area contributed by atoms with Gasteiger partial charge in [-0.15, -0.1) is 0 Å². The Bertz CT molecular complexity index is 509. The van der Waals surface area contributed by atoms with Gasteiger partial charge in [-0.1, -0.05) is 28.1 Å². The smallest absolute Gasteiger partial charge is 0.118 e. The Morgan fingerprint density at radius 2 is 1.84 bits per heavy atom. The van der Waals surface area contributed by atoms with E-state index in [1.54, 1.807) is 11.8 Å². The van der Waals surface area contributed by atoms with Crippen LogP contribution in [0.4, 0.5) is 0 Å². The molecule has 1 unspecified atom stereocenters. The Balaban J connectivity index is 1.88. The first kappa shape index (κ1) is 14.7. The van der Waals surface area contributed by atoms with Gasteiger partial charge in [-0.25, -0.2) is 0 Å². The second-order valence-electron chi connectivity index (χ2n) is 4.46. The van der Waals surface area contributed by atoms with Crippen molar-refractivity contribution in [2.75, 3.05) is 6.26 Å². The van der Waals surface area contributed by atoms with Crippen LogP contribution in [0.1, 0.15) is 30.0 Å². The number of halogens is 1. The minimum Gasteiger partial charge on any atom is -0.464 e. The molecule has 2 aromatic rings. The zero-order valence-corrected chi connectivity index (χ0v) is 13.6. The highest BCUT2D eigenvalue weighted by molar-refractivity contribution is 9.10. The highest BCUT2D eigenvalue weighted by atomic mass is 79.9. The molecule has 4 heteroatoms. The molecule has 0 radical (unpaired) electrons. The summed E-state index contributed by atoms with van der Waals surface area (Å²) >= 11 is 5.22. The van der Waals surface area contributed by atoms with Crippen molar-refractivity contribution < 1.29 is 4.42 Å². The molecule has 0 bridgehead atoms. The summed E-state index contributed by atoms with van der Waals surface area (Å²) in [5.74, 6) is 2.97. The molecule has 2 rings (SSSR count). The summed E-state index contributed by atoms with van der Waals surface area (Å²) in [6.07, 6.45) is 2.08. The van der Waals surface area contributed by atoms with Gasteiger partial charge < -0.3 is 9.73 Å². The molecule has 0 fully saturated rings. The van der Waals surface area contributed by atoms with E-state index in [4.69, 9.17) is 4.42 Å². The van der Waals surface area contributed by atoms with Gasteiger partial charge >= 0.3 is 0 Å². The fraction of sp³-hybridized carbons (Fsp3) is 0.333. The molecule has 0 aliphatic carbocycles.